The number of anilines is 1. The molecule has 1 aliphatic rings. The number of nitrogens with zero attached hydrogens (tertiary/aromatic N) is 2. The minimum absolute atomic E-state index is 0.0192. The Kier molecular flexibility index (Phi) is 4.58. The maximum Gasteiger partial charge on any atom is 0.336 e. The lowest BCUT2D eigenvalue weighted by molar-refractivity contribution is 0.0695. The van der Waals surface area contributed by atoms with Crippen molar-refractivity contribution in [1.29, 1.82) is 0 Å². The molecule has 116 valence electrons. The molecule has 1 heterocycles. The molecule has 0 aliphatic carbocycles. The minimum Gasteiger partial charge on any atom is -0.478 e. The van der Waals surface area contributed by atoms with Gasteiger partial charge in [0.15, 0.2) is 5.82 Å². The Labute approximate surface area is 132 Å². The summed E-state index contributed by atoms with van der Waals surface area (Å²) in [5.74, 6) is -1.64. The maximum atomic E-state index is 14.4. The second-order valence-corrected chi connectivity index (χ2v) is 7.00. The first kappa shape index (κ1) is 16.2. The first-order valence-electron chi connectivity index (χ1n) is 6.93. The fourth-order valence-electron chi connectivity index (χ4n) is 2.57. The number of piperazine rings is 1. The fourth-order valence-corrected chi connectivity index (χ4v) is 3.07. The lowest BCUT2D eigenvalue weighted by Crippen LogP contribution is -2.53. The Morgan fingerprint density at radius 2 is 1.81 bits per heavy atom. The topological polar surface area (TPSA) is 43.8 Å². The highest BCUT2D eigenvalue weighted by atomic mass is 79.9. The van der Waals surface area contributed by atoms with Gasteiger partial charge in [0.05, 0.1) is 15.7 Å². The fraction of sp³-hybridized carbons (Fsp3) is 0.533. The standard InChI is InChI=1S/C15H20BrFN2O2/c1-15(2,3)19-8-6-18(7-9-19)11-5-4-10(14(20)21)12(16)13(11)17/h4-5H,6-9H2,1-3H3,(H,20,21). The van der Waals surface area contributed by atoms with E-state index in [9.17, 15) is 9.18 Å². The van der Waals surface area contributed by atoms with Crippen molar-refractivity contribution in [3.8, 4) is 0 Å². The van der Waals surface area contributed by atoms with Crippen LogP contribution in [0.1, 0.15) is 31.1 Å². The Hall–Kier alpha value is -1.14. The summed E-state index contributed by atoms with van der Waals surface area (Å²) in [7, 11) is 0. The maximum absolute atomic E-state index is 14.4. The van der Waals surface area contributed by atoms with E-state index < -0.39 is 11.8 Å². The van der Waals surface area contributed by atoms with Gasteiger partial charge >= 0.3 is 5.97 Å². The molecule has 0 unspecified atom stereocenters. The number of carboxylic acids is 1. The van der Waals surface area contributed by atoms with Gasteiger partial charge in [0, 0.05) is 31.7 Å². The number of carboxylic acid groups (broad SMARTS) is 1. The van der Waals surface area contributed by atoms with E-state index in [1.54, 1.807) is 6.07 Å². The van der Waals surface area contributed by atoms with E-state index in [2.05, 4.69) is 41.6 Å². The summed E-state index contributed by atoms with van der Waals surface area (Å²) in [4.78, 5) is 15.3. The monoisotopic (exact) mass is 358 g/mol. The molecule has 1 saturated heterocycles. The van der Waals surface area contributed by atoms with E-state index in [1.165, 1.54) is 6.07 Å². The summed E-state index contributed by atoms with van der Waals surface area (Å²) in [6.45, 7) is 9.69. The van der Waals surface area contributed by atoms with E-state index in [-0.39, 0.29) is 15.6 Å². The van der Waals surface area contributed by atoms with Crippen molar-refractivity contribution in [3.05, 3.63) is 28.0 Å². The Bertz CT molecular complexity index is 549. The number of benzene rings is 1. The zero-order chi connectivity index (χ0) is 15.8. The third-order valence-electron chi connectivity index (χ3n) is 3.86. The molecule has 21 heavy (non-hydrogen) atoms. The summed E-state index contributed by atoms with van der Waals surface area (Å²) in [6, 6.07) is 3.00. The predicted molar refractivity (Wildman–Crippen MR) is 84.6 cm³/mol. The van der Waals surface area contributed by atoms with E-state index in [0.29, 0.717) is 5.69 Å². The van der Waals surface area contributed by atoms with Crippen molar-refractivity contribution >= 4 is 27.6 Å². The Morgan fingerprint density at radius 1 is 1.24 bits per heavy atom. The van der Waals surface area contributed by atoms with Crippen molar-refractivity contribution < 1.29 is 14.3 Å². The smallest absolute Gasteiger partial charge is 0.336 e. The Morgan fingerprint density at radius 3 is 2.29 bits per heavy atom. The van der Waals surface area contributed by atoms with E-state index in [4.69, 9.17) is 5.11 Å². The van der Waals surface area contributed by atoms with E-state index in [0.717, 1.165) is 26.2 Å². The molecule has 6 heteroatoms. The van der Waals surface area contributed by atoms with Crippen LogP contribution in [-0.2, 0) is 0 Å². The van der Waals surface area contributed by atoms with Crippen LogP contribution in [0, 0.1) is 5.82 Å². The summed E-state index contributed by atoms with van der Waals surface area (Å²) in [6.07, 6.45) is 0. The van der Waals surface area contributed by atoms with Crippen molar-refractivity contribution in [3.63, 3.8) is 0 Å². The molecule has 1 aliphatic heterocycles. The van der Waals surface area contributed by atoms with Crippen molar-refractivity contribution in [2.45, 2.75) is 26.3 Å². The van der Waals surface area contributed by atoms with Crippen molar-refractivity contribution in [1.82, 2.24) is 4.90 Å². The van der Waals surface area contributed by atoms with Crippen LogP contribution in [0.4, 0.5) is 10.1 Å². The third kappa shape index (κ3) is 3.37. The van der Waals surface area contributed by atoms with Gasteiger partial charge in [-0.05, 0) is 48.8 Å². The molecular formula is C15H20BrFN2O2. The van der Waals surface area contributed by atoms with Crippen LogP contribution in [0.15, 0.2) is 16.6 Å². The highest BCUT2D eigenvalue weighted by Crippen LogP contribution is 2.30. The summed E-state index contributed by atoms with van der Waals surface area (Å²) in [5, 5.41) is 9.00. The molecule has 1 N–H and O–H groups in total. The first-order valence-corrected chi connectivity index (χ1v) is 7.72. The minimum atomic E-state index is -1.13. The van der Waals surface area contributed by atoms with Gasteiger partial charge in [-0.1, -0.05) is 0 Å². The molecule has 0 bridgehead atoms. The average Bonchev–Trinajstić information content (AvgIpc) is 2.40. The number of rotatable bonds is 2. The van der Waals surface area contributed by atoms with Crippen LogP contribution in [0.5, 0.6) is 0 Å². The summed E-state index contributed by atoms with van der Waals surface area (Å²) in [5.41, 5.74) is 0.517. The lowest BCUT2D eigenvalue weighted by atomic mass is 10.0. The van der Waals surface area contributed by atoms with Gasteiger partial charge in [-0.25, -0.2) is 9.18 Å². The van der Waals surface area contributed by atoms with Gasteiger partial charge in [0.1, 0.15) is 0 Å². The van der Waals surface area contributed by atoms with Crippen molar-refractivity contribution in [2.75, 3.05) is 31.1 Å². The van der Waals surface area contributed by atoms with Crippen LogP contribution >= 0.6 is 15.9 Å². The molecule has 0 aromatic heterocycles. The molecule has 4 nitrogen and oxygen atoms in total. The normalized spacial score (nSPS) is 17.1. The SMILES string of the molecule is CC(C)(C)N1CCN(c2ccc(C(=O)O)c(Br)c2F)CC1. The Balaban J connectivity index is 2.18. The molecule has 2 rings (SSSR count). The van der Waals surface area contributed by atoms with Gasteiger partial charge in [0.25, 0.3) is 0 Å². The largest absolute Gasteiger partial charge is 0.478 e. The highest BCUT2D eigenvalue weighted by molar-refractivity contribution is 9.10. The molecule has 0 amide bonds. The quantitative estimate of drug-likeness (QED) is 0.881. The molecule has 1 aromatic carbocycles. The van der Waals surface area contributed by atoms with Crippen LogP contribution in [-0.4, -0.2) is 47.7 Å². The number of hydrogen-bond acceptors (Lipinski definition) is 3. The van der Waals surface area contributed by atoms with Crippen molar-refractivity contribution in [2.24, 2.45) is 0 Å². The lowest BCUT2D eigenvalue weighted by Gasteiger charge is -2.43. The molecule has 0 atom stereocenters. The first-order chi connectivity index (χ1) is 9.71. The molecule has 1 fully saturated rings. The molecule has 1 aromatic rings. The van der Waals surface area contributed by atoms with Gasteiger partial charge in [0.2, 0.25) is 0 Å². The zero-order valence-electron chi connectivity index (χ0n) is 12.5. The molecule has 0 radical (unpaired) electrons. The number of hydrogen-bond donors (Lipinski definition) is 1. The highest BCUT2D eigenvalue weighted by Gasteiger charge is 2.27. The van der Waals surface area contributed by atoms with Crippen LogP contribution in [0.2, 0.25) is 0 Å². The van der Waals surface area contributed by atoms with E-state index >= 15 is 0 Å². The van der Waals surface area contributed by atoms with Crippen LogP contribution in [0.25, 0.3) is 0 Å². The summed E-state index contributed by atoms with van der Waals surface area (Å²) >= 11 is 3.05. The van der Waals surface area contributed by atoms with E-state index in [1.807, 2.05) is 4.90 Å². The van der Waals surface area contributed by atoms with Gasteiger partial charge in [-0.2, -0.15) is 0 Å². The number of aromatic carboxylic acids is 1. The number of carbonyl (C=O) groups is 1. The third-order valence-corrected chi connectivity index (χ3v) is 4.64. The number of halogens is 2. The molecule has 0 spiro atoms. The average molecular weight is 359 g/mol. The summed E-state index contributed by atoms with van der Waals surface area (Å²) < 4.78 is 14.4. The second kappa shape index (κ2) is 5.93. The van der Waals surface area contributed by atoms with Gasteiger partial charge < -0.3 is 10.0 Å². The van der Waals surface area contributed by atoms with Gasteiger partial charge in [-0.3, -0.25) is 4.90 Å². The zero-order valence-corrected chi connectivity index (χ0v) is 14.1. The van der Waals surface area contributed by atoms with Crippen LogP contribution < -0.4 is 4.90 Å². The molecule has 0 saturated carbocycles. The second-order valence-electron chi connectivity index (χ2n) is 6.21. The molecular weight excluding hydrogens is 339 g/mol. The van der Waals surface area contributed by atoms with Crippen LogP contribution in [0.3, 0.4) is 0 Å². The van der Waals surface area contributed by atoms with Gasteiger partial charge in [-0.15, -0.1) is 0 Å². The predicted octanol–water partition coefficient (Wildman–Crippen LogP) is 3.21.